The van der Waals surface area contributed by atoms with Gasteiger partial charge in [0, 0.05) is 6.04 Å². The first-order valence-electron chi connectivity index (χ1n) is 6.99. The zero-order valence-electron chi connectivity index (χ0n) is 11.0. The normalized spacial score (nSPS) is 23.9. The van der Waals surface area contributed by atoms with E-state index in [1.165, 1.54) is 5.56 Å². The minimum atomic E-state index is 0.347. The minimum Gasteiger partial charge on any atom is -0.490 e. The molecule has 2 rings (SSSR count). The average Bonchev–Trinajstić information content (AvgIpc) is 2.41. The van der Waals surface area contributed by atoms with E-state index in [-0.39, 0.29) is 0 Å². The number of rotatable bonds is 5. The summed E-state index contributed by atoms with van der Waals surface area (Å²) in [4.78, 5) is 0. The monoisotopic (exact) mass is 248 g/mol. The van der Waals surface area contributed by atoms with Crippen LogP contribution in [0, 0.1) is 0 Å². The van der Waals surface area contributed by atoms with Crippen LogP contribution in [0.2, 0.25) is 0 Å². The molecule has 0 bridgehead atoms. The van der Waals surface area contributed by atoms with E-state index in [1.54, 1.807) is 0 Å². The van der Waals surface area contributed by atoms with Crippen LogP contribution in [-0.2, 0) is 6.42 Å². The standard InChI is InChI=1S/C15H24N2O/c16-11-1-2-12-3-7-14(8-4-12)18-15-9-5-13(17)6-10-15/h3-4,7-8,13,15H,1-2,5-6,9-11,16-17H2. The van der Waals surface area contributed by atoms with Gasteiger partial charge in [0.05, 0.1) is 6.10 Å². The summed E-state index contributed by atoms with van der Waals surface area (Å²) in [6.07, 6.45) is 6.76. The van der Waals surface area contributed by atoms with Crippen LogP contribution >= 0.6 is 0 Å². The Bertz CT molecular complexity index is 342. The van der Waals surface area contributed by atoms with Crippen molar-refractivity contribution < 1.29 is 4.74 Å². The van der Waals surface area contributed by atoms with Crippen LogP contribution in [0.4, 0.5) is 0 Å². The molecule has 0 aromatic heterocycles. The van der Waals surface area contributed by atoms with Crippen LogP contribution in [0.5, 0.6) is 5.75 Å². The summed E-state index contributed by atoms with van der Waals surface area (Å²) in [5.41, 5.74) is 12.7. The second-order valence-corrected chi connectivity index (χ2v) is 5.19. The lowest BCUT2D eigenvalue weighted by Crippen LogP contribution is -2.31. The largest absolute Gasteiger partial charge is 0.490 e. The smallest absolute Gasteiger partial charge is 0.119 e. The summed E-state index contributed by atoms with van der Waals surface area (Å²) in [6.45, 7) is 0.751. The molecular formula is C15H24N2O. The Morgan fingerprint density at radius 3 is 2.33 bits per heavy atom. The third kappa shape index (κ3) is 4.00. The van der Waals surface area contributed by atoms with Crippen molar-refractivity contribution in [3.63, 3.8) is 0 Å². The highest BCUT2D eigenvalue weighted by molar-refractivity contribution is 5.27. The molecule has 4 N–H and O–H groups in total. The predicted molar refractivity (Wildman–Crippen MR) is 74.7 cm³/mol. The molecule has 0 radical (unpaired) electrons. The molecule has 3 heteroatoms. The first-order chi connectivity index (χ1) is 8.78. The van der Waals surface area contributed by atoms with Crippen molar-refractivity contribution in [1.29, 1.82) is 0 Å². The Morgan fingerprint density at radius 1 is 1.06 bits per heavy atom. The van der Waals surface area contributed by atoms with Crippen molar-refractivity contribution >= 4 is 0 Å². The molecule has 0 aliphatic heterocycles. The third-order valence-electron chi connectivity index (χ3n) is 3.61. The Labute approximate surface area is 110 Å². The zero-order valence-corrected chi connectivity index (χ0v) is 11.0. The van der Waals surface area contributed by atoms with Gasteiger partial charge in [-0.2, -0.15) is 0 Å². The Hall–Kier alpha value is -1.06. The zero-order chi connectivity index (χ0) is 12.8. The van der Waals surface area contributed by atoms with Crippen molar-refractivity contribution in [3.05, 3.63) is 29.8 Å². The van der Waals surface area contributed by atoms with Crippen LogP contribution in [0.25, 0.3) is 0 Å². The second-order valence-electron chi connectivity index (χ2n) is 5.19. The molecule has 1 aliphatic carbocycles. The number of benzene rings is 1. The fraction of sp³-hybridized carbons (Fsp3) is 0.600. The maximum atomic E-state index is 5.98. The predicted octanol–water partition coefficient (Wildman–Crippen LogP) is 2.23. The molecule has 100 valence electrons. The minimum absolute atomic E-state index is 0.347. The van der Waals surface area contributed by atoms with Crippen LogP contribution in [0.1, 0.15) is 37.7 Å². The van der Waals surface area contributed by atoms with Crippen molar-refractivity contribution in [2.75, 3.05) is 6.54 Å². The van der Waals surface area contributed by atoms with Crippen molar-refractivity contribution in [3.8, 4) is 5.75 Å². The lowest BCUT2D eigenvalue weighted by Gasteiger charge is -2.26. The average molecular weight is 248 g/mol. The summed E-state index contributed by atoms with van der Waals surface area (Å²) >= 11 is 0. The summed E-state index contributed by atoms with van der Waals surface area (Å²) in [7, 11) is 0. The molecule has 0 saturated heterocycles. The van der Waals surface area contributed by atoms with E-state index < -0.39 is 0 Å². The number of ether oxygens (including phenoxy) is 1. The summed E-state index contributed by atoms with van der Waals surface area (Å²) < 4.78 is 5.98. The molecular weight excluding hydrogens is 224 g/mol. The van der Waals surface area contributed by atoms with E-state index in [0.717, 1.165) is 50.8 Å². The molecule has 0 unspecified atom stereocenters. The molecule has 1 aromatic carbocycles. The van der Waals surface area contributed by atoms with Gasteiger partial charge in [-0.05, 0) is 62.8 Å². The van der Waals surface area contributed by atoms with Crippen LogP contribution < -0.4 is 16.2 Å². The lowest BCUT2D eigenvalue weighted by molar-refractivity contribution is 0.147. The van der Waals surface area contributed by atoms with Gasteiger partial charge in [-0.15, -0.1) is 0 Å². The fourth-order valence-corrected chi connectivity index (χ4v) is 2.44. The number of hydrogen-bond donors (Lipinski definition) is 2. The van der Waals surface area contributed by atoms with Gasteiger partial charge >= 0.3 is 0 Å². The van der Waals surface area contributed by atoms with Crippen molar-refractivity contribution in [1.82, 2.24) is 0 Å². The maximum absolute atomic E-state index is 5.98. The molecule has 1 saturated carbocycles. The molecule has 1 fully saturated rings. The molecule has 0 atom stereocenters. The van der Waals surface area contributed by atoms with Gasteiger partial charge in [0.25, 0.3) is 0 Å². The van der Waals surface area contributed by atoms with E-state index in [2.05, 4.69) is 24.3 Å². The quantitative estimate of drug-likeness (QED) is 0.840. The molecule has 0 heterocycles. The molecule has 3 nitrogen and oxygen atoms in total. The molecule has 18 heavy (non-hydrogen) atoms. The summed E-state index contributed by atoms with van der Waals surface area (Å²) in [6, 6.07) is 8.79. The van der Waals surface area contributed by atoms with E-state index >= 15 is 0 Å². The summed E-state index contributed by atoms with van der Waals surface area (Å²) in [5.74, 6) is 0.979. The van der Waals surface area contributed by atoms with Crippen LogP contribution in [0.15, 0.2) is 24.3 Å². The SMILES string of the molecule is NCCCc1ccc(OC2CCC(N)CC2)cc1. The molecule has 1 aliphatic rings. The molecule has 1 aromatic rings. The van der Waals surface area contributed by atoms with Gasteiger partial charge < -0.3 is 16.2 Å². The second kappa shape index (κ2) is 6.76. The Balaban J connectivity index is 1.82. The Morgan fingerprint density at radius 2 is 1.72 bits per heavy atom. The van der Waals surface area contributed by atoms with Gasteiger partial charge in [-0.1, -0.05) is 12.1 Å². The van der Waals surface area contributed by atoms with E-state index in [0.29, 0.717) is 12.1 Å². The highest BCUT2D eigenvalue weighted by Crippen LogP contribution is 2.23. The third-order valence-corrected chi connectivity index (χ3v) is 3.61. The number of nitrogens with two attached hydrogens (primary N) is 2. The molecule has 0 spiro atoms. The molecule has 0 amide bonds. The van der Waals surface area contributed by atoms with Gasteiger partial charge in [0.1, 0.15) is 5.75 Å². The van der Waals surface area contributed by atoms with Gasteiger partial charge in [0.2, 0.25) is 0 Å². The topological polar surface area (TPSA) is 61.3 Å². The highest BCUT2D eigenvalue weighted by Gasteiger charge is 2.19. The first-order valence-corrected chi connectivity index (χ1v) is 6.99. The van der Waals surface area contributed by atoms with Crippen LogP contribution in [-0.4, -0.2) is 18.7 Å². The first kappa shape index (κ1) is 13.4. The van der Waals surface area contributed by atoms with E-state index in [4.69, 9.17) is 16.2 Å². The van der Waals surface area contributed by atoms with Gasteiger partial charge in [-0.25, -0.2) is 0 Å². The maximum Gasteiger partial charge on any atom is 0.119 e. The number of hydrogen-bond acceptors (Lipinski definition) is 3. The fourth-order valence-electron chi connectivity index (χ4n) is 2.44. The van der Waals surface area contributed by atoms with Crippen LogP contribution in [0.3, 0.4) is 0 Å². The van der Waals surface area contributed by atoms with E-state index in [9.17, 15) is 0 Å². The van der Waals surface area contributed by atoms with Crippen molar-refractivity contribution in [2.24, 2.45) is 11.5 Å². The summed E-state index contributed by atoms with van der Waals surface area (Å²) in [5, 5.41) is 0. The highest BCUT2D eigenvalue weighted by atomic mass is 16.5. The van der Waals surface area contributed by atoms with Crippen molar-refractivity contribution in [2.45, 2.75) is 50.7 Å². The van der Waals surface area contributed by atoms with Gasteiger partial charge in [0.15, 0.2) is 0 Å². The Kier molecular flexibility index (Phi) is 5.02. The van der Waals surface area contributed by atoms with Gasteiger partial charge in [-0.3, -0.25) is 0 Å². The number of aryl methyl sites for hydroxylation is 1. The lowest BCUT2D eigenvalue weighted by atomic mass is 9.94. The van der Waals surface area contributed by atoms with E-state index in [1.807, 2.05) is 0 Å².